The molecule has 2 aromatic heterocycles. The molecule has 1 N–H and O–H groups in total. The summed E-state index contributed by atoms with van der Waals surface area (Å²) < 4.78 is 2.05. The topological polar surface area (TPSA) is 63.1 Å². The fourth-order valence-electron chi connectivity index (χ4n) is 3.42. The van der Waals surface area contributed by atoms with E-state index in [-0.39, 0.29) is 36.8 Å². The highest BCUT2D eigenvalue weighted by atomic mass is 35.5. The van der Waals surface area contributed by atoms with E-state index in [4.69, 9.17) is 0 Å². The molecule has 3 heterocycles. The van der Waals surface area contributed by atoms with E-state index in [9.17, 15) is 4.79 Å². The number of hydrogen-bond acceptors (Lipinski definition) is 4. The normalized spacial score (nSPS) is 16.4. The van der Waals surface area contributed by atoms with Gasteiger partial charge in [0.05, 0.1) is 23.4 Å². The van der Waals surface area contributed by atoms with Crippen molar-refractivity contribution in [3.63, 3.8) is 0 Å². The molecule has 1 aliphatic heterocycles. The number of rotatable bonds is 4. The van der Waals surface area contributed by atoms with Crippen LogP contribution in [0.5, 0.6) is 0 Å². The van der Waals surface area contributed by atoms with Crippen LogP contribution in [0, 0.1) is 0 Å². The van der Waals surface area contributed by atoms with Crippen molar-refractivity contribution in [1.29, 1.82) is 0 Å². The number of fused-ring (bicyclic) bond motifs is 1. The van der Waals surface area contributed by atoms with E-state index >= 15 is 0 Å². The third-order valence-electron chi connectivity index (χ3n) is 4.73. The smallest absolute Gasteiger partial charge is 0.224 e. The second-order valence-corrected chi connectivity index (χ2v) is 6.27. The second-order valence-electron chi connectivity index (χ2n) is 6.27. The summed E-state index contributed by atoms with van der Waals surface area (Å²) >= 11 is 0. The Hall–Kier alpha value is -2.15. The molecule has 1 aliphatic rings. The second kappa shape index (κ2) is 9.69. The van der Waals surface area contributed by atoms with Crippen molar-refractivity contribution in [1.82, 2.24) is 24.8 Å². The standard InChI is InChI=1S/C19H21N5O.2ClH/c25-19(7-10-23-14-22-16-5-1-2-6-17(16)23)24-11-9-21-13-18(24)15-4-3-8-20-12-15;;/h1-6,8,12,14,18,21H,7,9-11,13H2;2*1H. The number of aromatic nitrogens is 3. The first-order chi connectivity index (χ1) is 12.3. The van der Waals surface area contributed by atoms with Crippen LogP contribution in [0.4, 0.5) is 0 Å². The number of halogens is 2. The minimum Gasteiger partial charge on any atom is -0.333 e. The van der Waals surface area contributed by atoms with Crippen molar-refractivity contribution in [3.05, 3.63) is 60.7 Å². The molecule has 8 heteroatoms. The number of hydrogen-bond donors (Lipinski definition) is 1. The van der Waals surface area contributed by atoms with Gasteiger partial charge in [0.2, 0.25) is 5.91 Å². The fourth-order valence-corrected chi connectivity index (χ4v) is 3.42. The SMILES string of the molecule is Cl.Cl.O=C(CCn1cnc2ccccc21)N1CCNCC1c1cccnc1. The first kappa shape index (κ1) is 21.2. The summed E-state index contributed by atoms with van der Waals surface area (Å²) in [5, 5.41) is 3.38. The Bertz CT molecular complexity index is 871. The average molecular weight is 408 g/mol. The number of benzene rings is 1. The summed E-state index contributed by atoms with van der Waals surface area (Å²) in [4.78, 5) is 23.4. The lowest BCUT2D eigenvalue weighted by molar-refractivity contribution is -0.134. The van der Waals surface area contributed by atoms with Crippen molar-refractivity contribution in [2.24, 2.45) is 0 Å². The molecular formula is C19H23Cl2N5O. The third-order valence-corrected chi connectivity index (χ3v) is 4.73. The molecule has 1 atom stereocenters. The molecule has 0 bridgehead atoms. The van der Waals surface area contributed by atoms with E-state index in [1.165, 1.54) is 0 Å². The number of pyridine rings is 1. The molecule has 0 radical (unpaired) electrons. The highest BCUT2D eigenvalue weighted by Crippen LogP contribution is 2.22. The van der Waals surface area contributed by atoms with Crippen molar-refractivity contribution < 1.29 is 4.79 Å². The number of amides is 1. The molecule has 4 rings (SSSR count). The highest BCUT2D eigenvalue weighted by molar-refractivity contribution is 5.85. The van der Waals surface area contributed by atoms with Gasteiger partial charge in [0.1, 0.15) is 0 Å². The Morgan fingerprint density at radius 3 is 2.85 bits per heavy atom. The lowest BCUT2D eigenvalue weighted by atomic mass is 10.0. The maximum atomic E-state index is 12.9. The van der Waals surface area contributed by atoms with Crippen LogP contribution in [0.2, 0.25) is 0 Å². The molecule has 0 spiro atoms. The first-order valence-corrected chi connectivity index (χ1v) is 8.63. The molecule has 0 aliphatic carbocycles. The van der Waals surface area contributed by atoms with Crippen LogP contribution in [-0.4, -0.2) is 45.0 Å². The van der Waals surface area contributed by atoms with Gasteiger partial charge < -0.3 is 14.8 Å². The van der Waals surface area contributed by atoms with Crippen LogP contribution in [0.3, 0.4) is 0 Å². The summed E-state index contributed by atoms with van der Waals surface area (Å²) in [5.74, 6) is 0.174. The molecule has 3 aromatic rings. The van der Waals surface area contributed by atoms with Gasteiger partial charge in [-0.2, -0.15) is 0 Å². The average Bonchev–Trinajstić information content (AvgIpc) is 3.10. The van der Waals surface area contributed by atoms with Gasteiger partial charge in [0.25, 0.3) is 0 Å². The van der Waals surface area contributed by atoms with E-state index in [2.05, 4.69) is 19.9 Å². The number of aryl methyl sites for hydroxylation is 1. The monoisotopic (exact) mass is 407 g/mol. The number of nitrogens with one attached hydrogen (secondary N) is 1. The van der Waals surface area contributed by atoms with Crippen molar-refractivity contribution in [3.8, 4) is 0 Å². The predicted molar refractivity (Wildman–Crippen MR) is 110 cm³/mol. The van der Waals surface area contributed by atoms with E-state index < -0.39 is 0 Å². The molecule has 6 nitrogen and oxygen atoms in total. The van der Waals surface area contributed by atoms with Gasteiger partial charge in [-0.3, -0.25) is 9.78 Å². The van der Waals surface area contributed by atoms with E-state index in [0.717, 1.165) is 36.2 Å². The molecular weight excluding hydrogens is 385 g/mol. The molecule has 1 fully saturated rings. The van der Waals surface area contributed by atoms with Gasteiger partial charge in [-0.25, -0.2) is 4.98 Å². The minimum absolute atomic E-state index is 0. The Balaban J connectivity index is 0.00000131. The Morgan fingerprint density at radius 1 is 1.19 bits per heavy atom. The Labute approximate surface area is 170 Å². The summed E-state index contributed by atoms with van der Waals surface area (Å²) in [6.07, 6.45) is 5.89. The Morgan fingerprint density at radius 2 is 2.04 bits per heavy atom. The van der Waals surface area contributed by atoms with Gasteiger partial charge in [-0.05, 0) is 23.8 Å². The number of piperazine rings is 1. The predicted octanol–water partition coefficient (Wildman–Crippen LogP) is 2.84. The lowest BCUT2D eigenvalue weighted by Gasteiger charge is -2.36. The number of imidazole rings is 1. The molecule has 0 saturated carbocycles. The zero-order valence-electron chi connectivity index (χ0n) is 14.8. The first-order valence-electron chi connectivity index (χ1n) is 8.63. The van der Waals surface area contributed by atoms with Gasteiger partial charge in [0, 0.05) is 45.0 Å². The number of carbonyl (C=O) groups excluding carboxylic acids is 1. The zero-order valence-corrected chi connectivity index (χ0v) is 16.5. The van der Waals surface area contributed by atoms with Crippen LogP contribution in [0.1, 0.15) is 18.0 Å². The lowest BCUT2D eigenvalue weighted by Crippen LogP contribution is -2.48. The molecule has 1 unspecified atom stereocenters. The number of para-hydroxylation sites is 2. The molecule has 1 aromatic carbocycles. The highest BCUT2D eigenvalue weighted by Gasteiger charge is 2.27. The van der Waals surface area contributed by atoms with Gasteiger partial charge >= 0.3 is 0 Å². The van der Waals surface area contributed by atoms with E-state index in [1.54, 1.807) is 6.20 Å². The number of nitrogens with zero attached hydrogens (tertiary/aromatic N) is 4. The van der Waals surface area contributed by atoms with Crippen LogP contribution < -0.4 is 5.32 Å². The minimum atomic E-state index is 0. The summed E-state index contributed by atoms with van der Waals surface area (Å²) in [6, 6.07) is 12.0. The van der Waals surface area contributed by atoms with Crippen LogP contribution in [-0.2, 0) is 11.3 Å². The fraction of sp³-hybridized carbons (Fsp3) is 0.316. The summed E-state index contributed by atoms with van der Waals surface area (Å²) in [6.45, 7) is 2.97. The van der Waals surface area contributed by atoms with Crippen molar-refractivity contribution >= 4 is 41.8 Å². The van der Waals surface area contributed by atoms with E-state index in [1.807, 2.05) is 53.8 Å². The van der Waals surface area contributed by atoms with Gasteiger partial charge in [-0.15, -0.1) is 24.8 Å². The Kier molecular flexibility index (Phi) is 7.59. The maximum Gasteiger partial charge on any atom is 0.224 e. The number of carbonyl (C=O) groups is 1. The van der Waals surface area contributed by atoms with E-state index in [0.29, 0.717) is 13.0 Å². The molecule has 144 valence electrons. The maximum absolute atomic E-state index is 12.9. The van der Waals surface area contributed by atoms with Crippen LogP contribution in [0.25, 0.3) is 11.0 Å². The largest absolute Gasteiger partial charge is 0.333 e. The van der Waals surface area contributed by atoms with Crippen LogP contribution >= 0.6 is 24.8 Å². The summed E-state index contributed by atoms with van der Waals surface area (Å²) in [5.41, 5.74) is 3.11. The third kappa shape index (κ3) is 4.58. The van der Waals surface area contributed by atoms with Crippen molar-refractivity contribution in [2.45, 2.75) is 19.0 Å². The van der Waals surface area contributed by atoms with Crippen molar-refractivity contribution in [2.75, 3.05) is 19.6 Å². The molecule has 1 amide bonds. The quantitative estimate of drug-likeness (QED) is 0.721. The van der Waals surface area contributed by atoms with Crippen LogP contribution in [0.15, 0.2) is 55.1 Å². The van der Waals surface area contributed by atoms with Gasteiger partial charge in [-0.1, -0.05) is 18.2 Å². The summed E-state index contributed by atoms with van der Waals surface area (Å²) in [7, 11) is 0. The van der Waals surface area contributed by atoms with Gasteiger partial charge in [0.15, 0.2) is 0 Å². The zero-order chi connectivity index (χ0) is 17.1. The molecule has 27 heavy (non-hydrogen) atoms. The molecule has 1 saturated heterocycles.